The van der Waals surface area contributed by atoms with Crippen molar-refractivity contribution in [1.29, 1.82) is 0 Å². The molecular weight excluding hydrogens is 190 g/mol. The van der Waals surface area contributed by atoms with Crippen LogP contribution in [0.3, 0.4) is 0 Å². The molecule has 1 aromatic carbocycles. The van der Waals surface area contributed by atoms with Crippen LogP contribution in [-0.2, 0) is 11.2 Å². The summed E-state index contributed by atoms with van der Waals surface area (Å²) in [5, 5.41) is 8.68. The Bertz CT molecular complexity index is 385. The molecule has 0 heterocycles. The fourth-order valence-electron chi connectivity index (χ4n) is 1.31. The quantitative estimate of drug-likeness (QED) is 0.786. The molecule has 1 rings (SSSR count). The molecule has 3 heteroatoms. The zero-order valence-corrected chi connectivity index (χ0v) is 8.73. The summed E-state index contributed by atoms with van der Waals surface area (Å²) >= 11 is 0. The van der Waals surface area contributed by atoms with Crippen LogP contribution in [0.2, 0.25) is 0 Å². The summed E-state index contributed by atoms with van der Waals surface area (Å²) in [6.45, 7) is 5.75. The van der Waals surface area contributed by atoms with Crippen molar-refractivity contribution in [3.63, 3.8) is 0 Å². The van der Waals surface area contributed by atoms with Gasteiger partial charge in [-0.1, -0.05) is 36.4 Å². The van der Waals surface area contributed by atoms with E-state index in [0.717, 1.165) is 16.7 Å². The molecule has 1 unspecified atom stereocenters. The minimum atomic E-state index is -0.976. The van der Waals surface area contributed by atoms with Crippen molar-refractivity contribution in [2.45, 2.75) is 19.4 Å². The maximum Gasteiger partial charge on any atom is 0.320 e. The molecule has 0 saturated carbocycles. The smallest absolute Gasteiger partial charge is 0.320 e. The van der Waals surface area contributed by atoms with E-state index in [9.17, 15) is 4.79 Å². The SMILES string of the molecule is C=C(C)c1cccc(CC(N)C(=O)O)c1. The number of rotatable bonds is 4. The van der Waals surface area contributed by atoms with E-state index in [-0.39, 0.29) is 0 Å². The highest BCUT2D eigenvalue weighted by molar-refractivity contribution is 5.73. The number of aliphatic carboxylic acids is 1. The highest BCUT2D eigenvalue weighted by atomic mass is 16.4. The minimum absolute atomic E-state index is 0.344. The van der Waals surface area contributed by atoms with Crippen molar-refractivity contribution in [3.8, 4) is 0 Å². The van der Waals surface area contributed by atoms with E-state index < -0.39 is 12.0 Å². The fourth-order valence-corrected chi connectivity index (χ4v) is 1.31. The minimum Gasteiger partial charge on any atom is -0.480 e. The maximum atomic E-state index is 10.6. The summed E-state index contributed by atoms with van der Waals surface area (Å²) < 4.78 is 0. The first-order chi connectivity index (χ1) is 7.00. The number of carbonyl (C=O) groups is 1. The molecule has 0 saturated heterocycles. The highest BCUT2D eigenvalue weighted by Gasteiger charge is 2.11. The molecule has 3 nitrogen and oxygen atoms in total. The van der Waals surface area contributed by atoms with Gasteiger partial charge in [-0.05, 0) is 24.5 Å². The van der Waals surface area contributed by atoms with E-state index in [2.05, 4.69) is 6.58 Å². The Morgan fingerprint density at radius 3 is 2.80 bits per heavy atom. The van der Waals surface area contributed by atoms with Crippen LogP contribution in [0.25, 0.3) is 5.57 Å². The zero-order valence-electron chi connectivity index (χ0n) is 8.73. The predicted molar refractivity (Wildman–Crippen MR) is 60.5 cm³/mol. The van der Waals surface area contributed by atoms with Crippen molar-refractivity contribution >= 4 is 11.5 Å². The first-order valence-electron chi connectivity index (χ1n) is 4.74. The van der Waals surface area contributed by atoms with Crippen molar-refractivity contribution in [2.75, 3.05) is 0 Å². The monoisotopic (exact) mass is 205 g/mol. The topological polar surface area (TPSA) is 63.3 Å². The Kier molecular flexibility index (Phi) is 3.63. The van der Waals surface area contributed by atoms with Gasteiger partial charge in [-0.3, -0.25) is 4.79 Å². The lowest BCUT2D eigenvalue weighted by atomic mass is 10.0. The van der Waals surface area contributed by atoms with Gasteiger partial charge in [-0.25, -0.2) is 0 Å². The summed E-state index contributed by atoms with van der Waals surface area (Å²) in [6, 6.07) is 6.78. The van der Waals surface area contributed by atoms with Gasteiger partial charge in [0.2, 0.25) is 0 Å². The summed E-state index contributed by atoms with van der Waals surface area (Å²) in [7, 11) is 0. The summed E-state index contributed by atoms with van der Waals surface area (Å²) in [6.07, 6.45) is 0.344. The molecular formula is C12H15NO2. The third-order valence-corrected chi connectivity index (χ3v) is 2.19. The van der Waals surface area contributed by atoms with Crippen LogP contribution in [0.4, 0.5) is 0 Å². The lowest BCUT2D eigenvalue weighted by Crippen LogP contribution is -2.32. The highest BCUT2D eigenvalue weighted by Crippen LogP contribution is 2.14. The Labute approximate surface area is 89.2 Å². The normalized spacial score (nSPS) is 12.1. The van der Waals surface area contributed by atoms with Gasteiger partial charge >= 0.3 is 5.97 Å². The lowest BCUT2D eigenvalue weighted by molar-refractivity contribution is -0.138. The fraction of sp³-hybridized carbons (Fsp3) is 0.250. The Morgan fingerprint density at radius 2 is 2.27 bits per heavy atom. The maximum absolute atomic E-state index is 10.6. The number of allylic oxidation sites excluding steroid dienone is 1. The Morgan fingerprint density at radius 1 is 1.60 bits per heavy atom. The second-order valence-corrected chi connectivity index (χ2v) is 3.63. The van der Waals surface area contributed by atoms with Crippen molar-refractivity contribution < 1.29 is 9.90 Å². The molecule has 0 amide bonds. The van der Waals surface area contributed by atoms with Gasteiger partial charge in [0.25, 0.3) is 0 Å². The van der Waals surface area contributed by atoms with Gasteiger partial charge in [0.15, 0.2) is 0 Å². The van der Waals surface area contributed by atoms with Crippen LogP contribution < -0.4 is 5.73 Å². The number of carboxylic acid groups (broad SMARTS) is 1. The van der Waals surface area contributed by atoms with Crippen LogP contribution in [0.15, 0.2) is 30.8 Å². The Balaban J connectivity index is 2.82. The van der Waals surface area contributed by atoms with E-state index in [1.165, 1.54) is 0 Å². The van der Waals surface area contributed by atoms with E-state index >= 15 is 0 Å². The molecule has 0 bridgehead atoms. The van der Waals surface area contributed by atoms with Crippen LogP contribution in [0.5, 0.6) is 0 Å². The average molecular weight is 205 g/mol. The van der Waals surface area contributed by atoms with Gasteiger partial charge in [0.1, 0.15) is 6.04 Å². The molecule has 15 heavy (non-hydrogen) atoms. The summed E-state index contributed by atoms with van der Waals surface area (Å²) in [5.74, 6) is -0.976. The zero-order chi connectivity index (χ0) is 11.4. The third kappa shape index (κ3) is 3.22. The molecule has 0 fully saturated rings. The second-order valence-electron chi connectivity index (χ2n) is 3.63. The van der Waals surface area contributed by atoms with Gasteiger partial charge in [-0.15, -0.1) is 0 Å². The van der Waals surface area contributed by atoms with E-state index in [4.69, 9.17) is 10.8 Å². The number of benzene rings is 1. The molecule has 80 valence electrons. The van der Waals surface area contributed by atoms with Crippen molar-refractivity contribution in [1.82, 2.24) is 0 Å². The molecule has 0 spiro atoms. The van der Waals surface area contributed by atoms with Crippen molar-refractivity contribution in [3.05, 3.63) is 42.0 Å². The third-order valence-electron chi connectivity index (χ3n) is 2.19. The molecule has 3 N–H and O–H groups in total. The average Bonchev–Trinajstić information content (AvgIpc) is 2.18. The number of nitrogens with two attached hydrogens (primary N) is 1. The molecule has 1 aromatic rings. The van der Waals surface area contributed by atoms with E-state index in [0.29, 0.717) is 6.42 Å². The molecule has 0 aliphatic carbocycles. The number of hydrogen-bond donors (Lipinski definition) is 2. The second kappa shape index (κ2) is 4.75. The van der Waals surface area contributed by atoms with Gasteiger partial charge < -0.3 is 10.8 Å². The summed E-state index contributed by atoms with van der Waals surface area (Å²) in [4.78, 5) is 10.6. The van der Waals surface area contributed by atoms with Gasteiger partial charge in [-0.2, -0.15) is 0 Å². The van der Waals surface area contributed by atoms with Crippen molar-refractivity contribution in [2.24, 2.45) is 5.73 Å². The number of carboxylic acids is 1. The molecule has 0 aliphatic heterocycles. The van der Waals surface area contributed by atoms with Crippen LogP contribution in [-0.4, -0.2) is 17.1 Å². The first-order valence-corrected chi connectivity index (χ1v) is 4.74. The number of hydrogen-bond acceptors (Lipinski definition) is 2. The molecule has 0 aliphatic rings. The van der Waals surface area contributed by atoms with Gasteiger partial charge in [0.05, 0.1) is 0 Å². The van der Waals surface area contributed by atoms with Gasteiger partial charge in [0, 0.05) is 0 Å². The van der Waals surface area contributed by atoms with E-state index in [1.807, 2.05) is 31.2 Å². The Hall–Kier alpha value is -1.61. The molecule has 0 radical (unpaired) electrons. The summed E-state index contributed by atoms with van der Waals surface area (Å²) in [5.41, 5.74) is 8.35. The van der Waals surface area contributed by atoms with Crippen LogP contribution in [0.1, 0.15) is 18.1 Å². The van der Waals surface area contributed by atoms with Crippen LogP contribution in [0, 0.1) is 0 Å². The predicted octanol–water partition coefficient (Wildman–Crippen LogP) is 1.67. The standard InChI is InChI=1S/C12H15NO2/c1-8(2)10-5-3-4-9(6-10)7-11(13)12(14)15/h3-6,11H,1,7,13H2,2H3,(H,14,15). The first kappa shape index (κ1) is 11.5. The molecule has 0 aromatic heterocycles. The largest absolute Gasteiger partial charge is 0.480 e. The lowest BCUT2D eigenvalue weighted by Gasteiger charge is -2.08. The van der Waals surface area contributed by atoms with Crippen LogP contribution >= 0.6 is 0 Å². The van der Waals surface area contributed by atoms with E-state index in [1.54, 1.807) is 0 Å². The molecule has 1 atom stereocenters.